The van der Waals surface area contributed by atoms with Crippen molar-refractivity contribution < 1.29 is 13.9 Å². The molecule has 0 bridgehead atoms. The number of thiophene rings is 1. The molecular formula is C20H20N2O3S. The maximum absolute atomic E-state index is 12.9. The topological polar surface area (TPSA) is 55.6 Å². The molecular weight excluding hydrogens is 348 g/mol. The zero-order valence-electron chi connectivity index (χ0n) is 14.7. The minimum absolute atomic E-state index is 0.0537. The molecule has 2 aliphatic rings. The third kappa shape index (κ3) is 2.47. The molecule has 5 nitrogen and oxygen atoms in total. The number of fused-ring (bicyclic) bond motifs is 3. The van der Waals surface area contributed by atoms with Crippen LogP contribution in [0.25, 0.3) is 11.1 Å². The van der Waals surface area contributed by atoms with E-state index in [0.717, 1.165) is 31.4 Å². The highest BCUT2D eigenvalue weighted by Gasteiger charge is 2.42. The Bertz CT molecular complexity index is 982. The summed E-state index contributed by atoms with van der Waals surface area (Å²) in [4.78, 5) is 20.5. The van der Waals surface area contributed by atoms with Crippen LogP contribution in [-0.2, 0) is 16.8 Å². The Hall–Kier alpha value is -2.18. The number of likely N-dealkylation sites (tertiary alicyclic amines) is 1. The molecule has 0 radical (unpaired) electrons. The number of hydrogen-bond donors (Lipinski definition) is 0. The lowest BCUT2D eigenvalue weighted by Gasteiger charge is -2.43. The molecule has 0 N–H and O–H groups in total. The van der Waals surface area contributed by atoms with E-state index in [1.54, 1.807) is 17.4 Å². The van der Waals surface area contributed by atoms with Crippen LogP contribution in [0.3, 0.4) is 0 Å². The summed E-state index contributed by atoms with van der Waals surface area (Å²) in [5, 5.41) is 2.16. The average Bonchev–Trinajstić information content (AvgIpc) is 3.27. The number of carbonyl (C=O) groups is 1. The number of aryl methyl sites for hydroxylation is 1. The fourth-order valence-electron chi connectivity index (χ4n) is 4.15. The van der Waals surface area contributed by atoms with Crippen LogP contribution >= 0.6 is 11.3 Å². The summed E-state index contributed by atoms with van der Waals surface area (Å²) in [5.41, 5.74) is 3.35. The molecule has 1 saturated heterocycles. The number of carbonyl (C=O) groups excluding carboxylic acids is 1. The molecule has 4 heterocycles. The number of ether oxygens (including phenoxy) is 1. The van der Waals surface area contributed by atoms with E-state index in [1.165, 1.54) is 10.4 Å². The fourth-order valence-corrected chi connectivity index (χ4v) is 5.32. The first-order chi connectivity index (χ1) is 12.6. The second kappa shape index (κ2) is 5.93. The van der Waals surface area contributed by atoms with E-state index in [0.29, 0.717) is 30.1 Å². The van der Waals surface area contributed by atoms with Crippen LogP contribution in [-0.4, -0.2) is 35.5 Å². The van der Waals surface area contributed by atoms with E-state index in [2.05, 4.69) is 16.4 Å². The predicted molar refractivity (Wildman–Crippen MR) is 99.5 cm³/mol. The van der Waals surface area contributed by atoms with Gasteiger partial charge in [-0.25, -0.2) is 4.98 Å². The van der Waals surface area contributed by atoms with E-state index < -0.39 is 0 Å². The molecule has 2 aliphatic heterocycles. The van der Waals surface area contributed by atoms with Gasteiger partial charge in [0.25, 0.3) is 5.91 Å². The van der Waals surface area contributed by atoms with Crippen LogP contribution < -0.4 is 0 Å². The minimum atomic E-state index is -0.190. The minimum Gasteiger partial charge on any atom is -0.441 e. The van der Waals surface area contributed by atoms with E-state index in [1.807, 2.05) is 24.0 Å². The molecule has 2 aromatic heterocycles. The van der Waals surface area contributed by atoms with Crippen molar-refractivity contribution >= 4 is 28.3 Å². The van der Waals surface area contributed by atoms with E-state index in [-0.39, 0.29) is 11.5 Å². The zero-order chi connectivity index (χ0) is 17.7. The first kappa shape index (κ1) is 16.0. The lowest BCUT2D eigenvalue weighted by atomic mass is 9.85. The van der Waals surface area contributed by atoms with Crippen molar-refractivity contribution in [3.63, 3.8) is 0 Å². The van der Waals surface area contributed by atoms with Gasteiger partial charge in [0, 0.05) is 30.5 Å². The van der Waals surface area contributed by atoms with Crippen molar-refractivity contribution in [2.24, 2.45) is 0 Å². The molecule has 0 unspecified atom stereocenters. The Kier molecular flexibility index (Phi) is 3.65. The summed E-state index contributed by atoms with van der Waals surface area (Å²) in [7, 11) is 0. The van der Waals surface area contributed by atoms with Crippen LogP contribution in [0, 0.1) is 6.92 Å². The van der Waals surface area contributed by atoms with Crippen LogP contribution in [0.1, 0.15) is 39.5 Å². The van der Waals surface area contributed by atoms with Gasteiger partial charge in [0.1, 0.15) is 11.1 Å². The second-order valence-corrected chi connectivity index (χ2v) is 7.99. The van der Waals surface area contributed by atoms with Gasteiger partial charge in [0.2, 0.25) is 0 Å². The van der Waals surface area contributed by atoms with Crippen molar-refractivity contribution in [1.82, 2.24) is 9.88 Å². The molecule has 6 heteroatoms. The van der Waals surface area contributed by atoms with Crippen LogP contribution in [0.15, 0.2) is 34.1 Å². The maximum atomic E-state index is 12.9. The van der Waals surface area contributed by atoms with Gasteiger partial charge < -0.3 is 14.1 Å². The number of oxazole rings is 1. The Morgan fingerprint density at radius 2 is 2.12 bits per heavy atom. The van der Waals surface area contributed by atoms with Gasteiger partial charge in [0.15, 0.2) is 11.5 Å². The van der Waals surface area contributed by atoms with Gasteiger partial charge in [-0.15, -0.1) is 11.3 Å². The molecule has 0 aliphatic carbocycles. The molecule has 1 spiro atoms. The molecule has 26 heavy (non-hydrogen) atoms. The predicted octanol–water partition coefficient (Wildman–Crippen LogP) is 3.90. The Morgan fingerprint density at radius 1 is 1.27 bits per heavy atom. The molecule has 3 aromatic rings. The quantitative estimate of drug-likeness (QED) is 0.654. The highest BCUT2D eigenvalue weighted by atomic mass is 32.1. The monoisotopic (exact) mass is 368 g/mol. The molecule has 0 atom stereocenters. The van der Waals surface area contributed by atoms with Crippen molar-refractivity contribution in [3.8, 4) is 0 Å². The summed E-state index contributed by atoms with van der Waals surface area (Å²) in [6.45, 7) is 4.01. The zero-order valence-corrected chi connectivity index (χ0v) is 15.5. The lowest BCUT2D eigenvalue weighted by molar-refractivity contribution is -0.0906. The van der Waals surface area contributed by atoms with Crippen molar-refractivity contribution in [3.05, 3.63) is 51.5 Å². The number of hydrogen-bond acceptors (Lipinski definition) is 5. The Morgan fingerprint density at radius 3 is 2.96 bits per heavy atom. The van der Waals surface area contributed by atoms with Gasteiger partial charge in [-0.05, 0) is 54.5 Å². The summed E-state index contributed by atoms with van der Waals surface area (Å²) in [6, 6.07) is 7.71. The maximum Gasteiger partial charge on any atom is 0.253 e. The normalized spacial score (nSPS) is 19.0. The Labute approximate surface area is 155 Å². The molecule has 1 fully saturated rings. The average molecular weight is 368 g/mol. The number of piperidine rings is 1. The van der Waals surface area contributed by atoms with Crippen molar-refractivity contribution in [2.45, 2.75) is 31.8 Å². The van der Waals surface area contributed by atoms with Gasteiger partial charge in [-0.3, -0.25) is 4.79 Å². The van der Waals surface area contributed by atoms with Crippen molar-refractivity contribution in [1.29, 1.82) is 0 Å². The van der Waals surface area contributed by atoms with Crippen LogP contribution in [0.5, 0.6) is 0 Å². The standard InChI is InChI=1S/C20H20N2O3S/c1-13-21-16-3-2-15(12-17(16)25-13)19(23)22-8-6-20(7-9-22)18-14(4-10-24-20)5-11-26-18/h2-3,5,11-12H,4,6-10H2,1H3. The molecule has 5 rings (SSSR count). The number of benzene rings is 1. The summed E-state index contributed by atoms with van der Waals surface area (Å²) in [6.07, 6.45) is 2.71. The molecule has 0 saturated carbocycles. The van der Waals surface area contributed by atoms with E-state index in [4.69, 9.17) is 9.15 Å². The SMILES string of the molecule is Cc1nc2ccc(C(=O)N3CCC4(CC3)OCCc3ccsc34)cc2o1. The van der Waals surface area contributed by atoms with Gasteiger partial charge >= 0.3 is 0 Å². The van der Waals surface area contributed by atoms with Crippen molar-refractivity contribution in [2.75, 3.05) is 19.7 Å². The van der Waals surface area contributed by atoms with Crippen LogP contribution in [0.4, 0.5) is 0 Å². The summed E-state index contributed by atoms with van der Waals surface area (Å²) in [5.74, 6) is 0.670. The van der Waals surface area contributed by atoms with Gasteiger partial charge in [0.05, 0.1) is 6.61 Å². The third-order valence-corrected chi connectivity index (χ3v) is 6.65. The van der Waals surface area contributed by atoms with E-state index in [9.17, 15) is 4.79 Å². The number of aromatic nitrogens is 1. The smallest absolute Gasteiger partial charge is 0.253 e. The van der Waals surface area contributed by atoms with Crippen LogP contribution in [0.2, 0.25) is 0 Å². The lowest BCUT2D eigenvalue weighted by Crippen LogP contribution is -2.47. The largest absolute Gasteiger partial charge is 0.441 e. The summed E-state index contributed by atoms with van der Waals surface area (Å²) < 4.78 is 11.8. The first-order valence-electron chi connectivity index (χ1n) is 9.02. The number of rotatable bonds is 1. The third-order valence-electron chi connectivity index (χ3n) is 5.51. The Balaban J connectivity index is 1.36. The van der Waals surface area contributed by atoms with Gasteiger partial charge in [-0.2, -0.15) is 0 Å². The molecule has 1 aromatic carbocycles. The first-order valence-corrected chi connectivity index (χ1v) is 9.90. The number of nitrogens with zero attached hydrogens (tertiary/aromatic N) is 2. The van der Waals surface area contributed by atoms with Gasteiger partial charge in [-0.1, -0.05) is 0 Å². The second-order valence-electron chi connectivity index (χ2n) is 7.08. The summed E-state index contributed by atoms with van der Waals surface area (Å²) >= 11 is 1.79. The molecule has 1 amide bonds. The molecule has 134 valence electrons. The van der Waals surface area contributed by atoms with E-state index >= 15 is 0 Å². The fraction of sp³-hybridized carbons (Fsp3) is 0.400. The highest BCUT2D eigenvalue weighted by Crippen LogP contribution is 2.44. The highest BCUT2D eigenvalue weighted by molar-refractivity contribution is 7.10. The number of amides is 1.